The van der Waals surface area contributed by atoms with Crippen molar-refractivity contribution in [3.05, 3.63) is 21.5 Å². The van der Waals surface area contributed by atoms with Crippen LogP contribution in [0.2, 0.25) is 0 Å². The van der Waals surface area contributed by atoms with Gasteiger partial charge in [0.1, 0.15) is 5.75 Å². The first-order valence-corrected chi connectivity index (χ1v) is 4.81. The van der Waals surface area contributed by atoms with E-state index in [1.54, 1.807) is 22.6 Å². The molecule has 0 radical (unpaired) electrons. The van der Waals surface area contributed by atoms with Crippen molar-refractivity contribution in [1.29, 1.82) is 0 Å². The summed E-state index contributed by atoms with van der Waals surface area (Å²) in [6.07, 6.45) is 1.25. The van der Waals surface area contributed by atoms with Crippen LogP contribution >= 0.6 is 22.6 Å². The highest BCUT2D eigenvalue weighted by Crippen LogP contribution is 2.22. The molecule has 0 saturated carbocycles. The van der Waals surface area contributed by atoms with E-state index < -0.39 is 12.6 Å². The van der Waals surface area contributed by atoms with Gasteiger partial charge in [0, 0.05) is 12.3 Å². The zero-order valence-corrected chi connectivity index (χ0v) is 9.70. The first kappa shape index (κ1) is 12.1. The first-order chi connectivity index (χ1) is 7.04. The predicted molar refractivity (Wildman–Crippen MR) is 54.9 cm³/mol. The number of rotatable bonds is 3. The lowest BCUT2D eigenvalue weighted by Crippen LogP contribution is -2.08. The van der Waals surface area contributed by atoms with Crippen molar-refractivity contribution in [2.45, 2.75) is 6.61 Å². The van der Waals surface area contributed by atoms with E-state index in [0.717, 1.165) is 6.07 Å². The molecule has 1 rings (SSSR count). The number of carbonyl (C=O) groups excluding carboxylic acids is 1. The van der Waals surface area contributed by atoms with Crippen LogP contribution < -0.4 is 4.74 Å². The molecule has 7 heteroatoms. The van der Waals surface area contributed by atoms with Crippen LogP contribution in [0.5, 0.6) is 5.75 Å². The molecule has 1 aromatic rings. The summed E-state index contributed by atoms with van der Waals surface area (Å²) in [6.45, 7) is -2.94. The van der Waals surface area contributed by atoms with Gasteiger partial charge in [-0.3, -0.25) is 0 Å². The predicted octanol–water partition coefficient (Wildman–Crippen LogP) is 2.07. The number of hydrogen-bond acceptors (Lipinski definition) is 4. The van der Waals surface area contributed by atoms with E-state index in [-0.39, 0.29) is 11.4 Å². The second-order valence-electron chi connectivity index (χ2n) is 2.37. The molecule has 0 spiro atoms. The zero-order valence-electron chi connectivity index (χ0n) is 7.54. The van der Waals surface area contributed by atoms with Crippen LogP contribution in [0.4, 0.5) is 8.78 Å². The van der Waals surface area contributed by atoms with Crippen molar-refractivity contribution in [2.24, 2.45) is 0 Å². The number of pyridine rings is 1. The topological polar surface area (TPSA) is 48.4 Å². The molecule has 1 aromatic heterocycles. The fourth-order valence-corrected chi connectivity index (χ4v) is 1.24. The Labute approximate surface area is 97.7 Å². The number of aromatic nitrogens is 1. The Morgan fingerprint density at radius 3 is 2.80 bits per heavy atom. The summed E-state index contributed by atoms with van der Waals surface area (Å²) in [5.74, 6) is -0.800. The fourth-order valence-electron chi connectivity index (χ4n) is 0.823. The maximum Gasteiger partial charge on any atom is 0.387 e. The van der Waals surface area contributed by atoms with Crippen molar-refractivity contribution in [1.82, 2.24) is 4.98 Å². The highest BCUT2D eigenvalue weighted by atomic mass is 127. The third-order valence-corrected chi connectivity index (χ3v) is 2.24. The van der Waals surface area contributed by atoms with Crippen LogP contribution in [0.25, 0.3) is 0 Å². The molecule has 4 nitrogen and oxygen atoms in total. The number of nitrogens with zero attached hydrogens (tertiary/aromatic N) is 1. The highest BCUT2D eigenvalue weighted by Gasteiger charge is 2.13. The van der Waals surface area contributed by atoms with E-state index in [4.69, 9.17) is 0 Å². The summed E-state index contributed by atoms with van der Waals surface area (Å²) in [5, 5.41) is 0. The quantitative estimate of drug-likeness (QED) is 0.629. The zero-order chi connectivity index (χ0) is 11.4. The van der Waals surface area contributed by atoms with Gasteiger partial charge < -0.3 is 9.47 Å². The number of carbonyl (C=O) groups is 1. The van der Waals surface area contributed by atoms with Crippen LogP contribution in [0, 0.1) is 3.57 Å². The van der Waals surface area contributed by atoms with E-state index in [1.165, 1.54) is 13.3 Å². The maximum atomic E-state index is 12.0. The van der Waals surface area contributed by atoms with Crippen molar-refractivity contribution >= 4 is 28.6 Å². The summed E-state index contributed by atoms with van der Waals surface area (Å²) in [4.78, 5) is 14.7. The minimum atomic E-state index is -2.94. The van der Waals surface area contributed by atoms with Crippen molar-refractivity contribution in [3.63, 3.8) is 0 Å². The number of methoxy groups -OCH3 is 1. The van der Waals surface area contributed by atoms with Gasteiger partial charge in [0.15, 0.2) is 5.69 Å². The van der Waals surface area contributed by atoms with Gasteiger partial charge in [0.25, 0.3) is 0 Å². The molecule has 0 aliphatic carbocycles. The normalized spacial score (nSPS) is 10.2. The molecule has 1 heterocycles. The van der Waals surface area contributed by atoms with E-state index in [2.05, 4.69) is 14.5 Å². The summed E-state index contributed by atoms with van der Waals surface area (Å²) in [6, 6.07) is 1.11. The molecule has 0 aliphatic rings. The van der Waals surface area contributed by atoms with Gasteiger partial charge in [-0.1, -0.05) is 0 Å². The second kappa shape index (κ2) is 5.19. The highest BCUT2D eigenvalue weighted by molar-refractivity contribution is 14.1. The minimum absolute atomic E-state index is 0.0754. The van der Waals surface area contributed by atoms with Crippen molar-refractivity contribution in [2.75, 3.05) is 7.11 Å². The molecule has 0 N–H and O–H groups in total. The molecule has 0 fully saturated rings. The van der Waals surface area contributed by atoms with Crippen LogP contribution in [0.3, 0.4) is 0 Å². The Kier molecular flexibility index (Phi) is 4.18. The lowest BCUT2D eigenvalue weighted by Gasteiger charge is -2.07. The summed E-state index contributed by atoms with van der Waals surface area (Å²) < 4.78 is 32.9. The number of esters is 1. The van der Waals surface area contributed by atoms with E-state index >= 15 is 0 Å². The SMILES string of the molecule is COC(=O)c1cc(OC(F)F)c(I)cn1. The lowest BCUT2D eigenvalue weighted by molar-refractivity contribution is -0.0505. The van der Waals surface area contributed by atoms with Crippen LogP contribution in [0.15, 0.2) is 12.3 Å². The summed E-state index contributed by atoms with van der Waals surface area (Å²) >= 11 is 1.77. The molecule has 0 saturated heterocycles. The molecule has 15 heavy (non-hydrogen) atoms. The molecule has 0 bridgehead atoms. The maximum absolute atomic E-state index is 12.0. The molecule has 0 aliphatic heterocycles. The smallest absolute Gasteiger partial charge is 0.387 e. The largest absolute Gasteiger partial charge is 0.464 e. The Bertz CT molecular complexity index is 373. The van der Waals surface area contributed by atoms with Gasteiger partial charge in [-0.25, -0.2) is 9.78 Å². The molecular weight excluding hydrogens is 323 g/mol. The standard InChI is InChI=1S/C8H6F2INO3/c1-14-7(13)5-2-6(15-8(9)10)4(11)3-12-5/h2-3,8H,1H3. The van der Waals surface area contributed by atoms with Crippen LogP contribution in [0.1, 0.15) is 10.5 Å². The van der Waals surface area contributed by atoms with Gasteiger partial charge in [-0.15, -0.1) is 0 Å². The molecular formula is C8H6F2INO3. The van der Waals surface area contributed by atoms with E-state index in [0.29, 0.717) is 3.57 Å². The number of ether oxygens (including phenoxy) is 2. The van der Waals surface area contributed by atoms with Crippen molar-refractivity contribution < 1.29 is 23.0 Å². The van der Waals surface area contributed by atoms with E-state index in [1.807, 2.05) is 0 Å². The molecule has 82 valence electrons. The Hall–Kier alpha value is -0.990. The number of alkyl halides is 2. The van der Waals surface area contributed by atoms with Gasteiger partial charge in [-0.05, 0) is 22.6 Å². The van der Waals surface area contributed by atoms with Gasteiger partial charge in [0.2, 0.25) is 0 Å². The lowest BCUT2D eigenvalue weighted by atomic mass is 10.3. The molecule has 0 atom stereocenters. The average molecular weight is 329 g/mol. The molecule has 0 amide bonds. The second-order valence-corrected chi connectivity index (χ2v) is 3.53. The number of hydrogen-bond donors (Lipinski definition) is 0. The Morgan fingerprint density at radius 2 is 2.27 bits per heavy atom. The third kappa shape index (κ3) is 3.26. The monoisotopic (exact) mass is 329 g/mol. The van der Waals surface area contributed by atoms with E-state index in [9.17, 15) is 13.6 Å². The van der Waals surface area contributed by atoms with Crippen molar-refractivity contribution in [3.8, 4) is 5.75 Å². The fraction of sp³-hybridized carbons (Fsp3) is 0.250. The van der Waals surface area contributed by atoms with Crippen LogP contribution in [-0.4, -0.2) is 24.7 Å². The summed E-state index contributed by atoms with van der Waals surface area (Å²) in [5.41, 5.74) is -0.0754. The average Bonchev–Trinajstić information content (AvgIpc) is 2.19. The number of halogens is 3. The van der Waals surface area contributed by atoms with Gasteiger partial charge in [0.05, 0.1) is 10.7 Å². The molecule has 0 aromatic carbocycles. The van der Waals surface area contributed by atoms with Gasteiger partial charge in [-0.2, -0.15) is 8.78 Å². The summed E-state index contributed by atoms with van der Waals surface area (Å²) in [7, 11) is 1.18. The minimum Gasteiger partial charge on any atom is -0.464 e. The Balaban J connectivity index is 2.99. The van der Waals surface area contributed by atoms with Crippen LogP contribution in [-0.2, 0) is 4.74 Å². The first-order valence-electron chi connectivity index (χ1n) is 3.73. The molecule has 0 unspecified atom stereocenters. The van der Waals surface area contributed by atoms with Gasteiger partial charge >= 0.3 is 12.6 Å². The Morgan fingerprint density at radius 1 is 1.60 bits per heavy atom. The third-order valence-electron chi connectivity index (χ3n) is 1.43.